The minimum Gasteiger partial charge on any atom is -0.493 e. The molecule has 1 N–H and O–H groups in total. The lowest BCUT2D eigenvalue weighted by Crippen LogP contribution is -2.43. The van der Waals surface area contributed by atoms with Gasteiger partial charge in [0.1, 0.15) is 17.4 Å². The molecule has 8 heteroatoms. The van der Waals surface area contributed by atoms with E-state index in [1.807, 2.05) is 4.90 Å². The van der Waals surface area contributed by atoms with Crippen LogP contribution in [-0.4, -0.2) is 54.5 Å². The SMILES string of the molecule is O=C(c1cnc2c(c1)N(CC1CC1)C(=O)CN2)N1CCCC(COc2cccc(F)c2)C1. The summed E-state index contributed by atoms with van der Waals surface area (Å²) in [5.74, 6) is 1.48. The van der Waals surface area contributed by atoms with E-state index in [4.69, 9.17) is 4.74 Å². The average molecular weight is 439 g/mol. The zero-order valence-corrected chi connectivity index (χ0v) is 17.9. The highest BCUT2D eigenvalue weighted by Crippen LogP contribution is 2.35. The monoisotopic (exact) mass is 438 g/mol. The third-order valence-corrected chi connectivity index (χ3v) is 6.34. The fourth-order valence-electron chi connectivity index (χ4n) is 4.40. The van der Waals surface area contributed by atoms with E-state index >= 15 is 0 Å². The number of nitrogens with zero attached hydrogens (tertiary/aromatic N) is 3. The molecule has 3 heterocycles. The maximum atomic E-state index is 13.4. The number of carbonyl (C=O) groups is 2. The van der Waals surface area contributed by atoms with Crippen molar-refractivity contribution in [2.75, 3.05) is 43.0 Å². The summed E-state index contributed by atoms with van der Waals surface area (Å²) in [5.41, 5.74) is 1.19. The number of nitrogens with one attached hydrogen (secondary N) is 1. The number of benzene rings is 1. The van der Waals surface area contributed by atoms with Crippen LogP contribution < -0.4 is 15.0 Å². The maximum absolute atomic E-state index is 13.4. The molecule has 2 amide bonds. The van der Waals surface area contributed by atoms with Gasteiger partial charge >= 0.3 is 0 Å². The minimum absolute atomic E-state index is 0.0170. The highest BCUT2D eigenvalue weighted by atomic mass is 19.1. The molecule has 1 atom stereocenters. The van der Waals surface area contributed by atoms with E-state index in [1.165, 1.54) is 12.1 Å². The van der Waals surface area contributed by atoms with Crippen LogP contribution in [0.3, 0.4) is 0 Å². The first kappa shape index (κ1) is 20.7. The Kier molecular flexibility index (Phi) is 5.68. The highest BCUT2D eigenvalue weighted by Gasteiger charge is 2.33. The topological polar surface area (TPSA) is 74.8 Å². The summed E-state index contributed by atoms with van der Waals surface area (Å²) in [4.78, 5) is 33.7. The van der Waals surface area contributed by atoms with E-state index < -0.39 is 0 Å². The zero-order chi connectivity index (χ0) is 22.1. The smallest absolute Gasteiger partial charge is 0.255 e. The number of likely N-dealkylation sites (tertiary alicyclic amines) is 1. The van der Waals surface area contributed by atoms with Crippen molar-refractivity contribution in [3.05, 3.63) is 47.9 Å². The molecule has 1 aromatic carbocycles. The number of hydrogen-bond acceptors (Lipinski definition) is 5. The Morgan fingerprint density at radius 3 is 2.91 bits per heavy atom. The second-order valence-electron chi connectivity index (χ2n) is 8.92. The molecule has 1 aliphatic carbocycles. The Hall–Kier alpha value is -3.16. The van der Waals surface area contributed by atoms with Crippen LogP contribution in [0.5, 0.6) is 5.75 Å². The summed E-state index contributed by atoms with van der Waals surface area (Å²) >= 11 is 0. The number of ether oxygens (including phenoxy) is 1. The minimum atomic E-state index is -0.327. The van der Waals surface area contributed by atoms with Crippen LogP contribution >= 0.6 is 0 Å². The number of rotatable bonds is 6. The number of fused-ring (bicyclic) bond motifs is 1. The molecule has 1 saturated carbocycles. The molecule has 0 spiro atoms. The summed E-state index contributed by atoms with van der Waals surface area (Å²) < 4.78 is 19.1. The fourth-order valence-corrected chi connectivity index (χ4v) is 4.40. The van der Waals surface area contributed by atoms with Gasteiger partial charge in [0, 0.05) is 37.8 Å². The Labute approximate surface area is 186 Å². The fraction of sp³-hybridized carbons (Fsp3) is 0.458. The largest absolute Gasteiger partial charge is 0.493 e. The number of hydrogen-bond donors (Lipinski definition) is 1. The molecule has 7 nitrogen and oxygen atoms in total. The molecule has 168 valence electrons. The van der Waals surface area contributed by atoms with E-state index in [2.05, 4.69) is 10.3 Å². The van der Waals surface area contributed by atoms with Gasteiger partial charge in [-0.05, 0) is 49.8 Å². The third-order valence-electron chi connectivity index (χ3n) is 6.34. The van der Waals surface area contributed by atoms with Crippen LogP contribution in [0.4, 0.5) is 15.9 Å². The number of piperidine rings is 1. The summed E-state index contributed by atoms with van der Waals surface area (Å²) in [7, 11) is 0. The second-order valence-corrected chi connectivity index (χ2v) is 8.92. The number of amides is 2. The lowest BCUT2D eigenvalue weighted by Gasteiger charge is -2.33. The van der Waals surface area contributed by atoms with Crippen molar-refractivity contribution in [3.8, 4) is 5.75 Å². The molecule has 3 aliphatic rings. The van der Waals surface area contributed by atoms with E-state index in [0.29, 0.717) is 55.0 Å². The number of carbonyl (C=O) groups excluding carboxylic acids is 2. The normalized spacial score (nSPS) is 20.5. The van der Waals surface area contributed by atoms with Crippen molar-refractivity contribution in [2.45, 2.75) is 25.7 Å². The Morgan fingerprint density at radius 1 is 1.22 bits per heavy atom. The Bertz CT molecular complexity index is 1030. The Morgan fingerprint density at radius 2 is 2.09 bits per heavy atom. The third kappa shape index (κ3) is 4.54. The van der Waals surface area contributed by atoms with Gasteiger partial charge in [0.15, 0.2) is 0 Å². The zero-order valence-electron chi connectivity index (χ0n) is 17.9. The van der Waals surface area contributed by atoms with Gasteiger partial charge < -0.3 is 19.9 Å². The van der Waals surface area contributed by atoms with Crippen molar-refractivity contribution in [3.63, 3.8) is 0 Å². The number of anilines is 2. The summed E-state index contributed by atoms with van der Waals surface area (Å²) in [5, 5.41) is 3.05. The standard InChI is InChI=1S/C24H27FN4O3/c25-19-4-1-5-20(10-19)32-15-17-3-2-8-28(13-17)24(31)18-9-21-23(26-11-18)27-12-22(30)29(21)14-16-6-7-16/h1,4-5,9-11,16-17H,2-3,6-8,12-15H2,(H,26,27). The second kappa shape index (κ2) is 8.76. The lowest BCUT2D eigenvalue weighted by molar-refractivity contribution is -0.117. The number of halogens is 1. The molecule has 32 heavy (non-hydrogen) atoms. The first-order chi connectivity index (χ1) is 15.6. The van der Waals surface area contributed by atoms with Crippen molar-refractivity contribution >= 4 is 23.3 Å². The van der Waals surface area contributed by atoms with Gasteiger partial charge in [0.2, 0.25) is 5.91 Å². The van der Waals surface area contributed by atoms with Crippen LogP contribution in [0.2, 0.25) is 0 Å². The van der Waals surface area contributed by atoms with Crippen LogP contribution in [0.15, 0.2) is 36.5 Å². The molecule has 0 bridgehead atoms. The van der Waals surface area contributed by atoms with Crippen LogP contribution in [0.1, 0.15) is 36.0 Å². The van der Waals surface area contributed by atoms with E-state index in [9.17, 15) is 14.0 Å². The maximum Gasteiger partial charge on any atom is 0.255 e. The summed E-state index contributed by atoms with van der Waals surface area (Å²) in [6.45, 7) is 2.61. The van der Waals surface area contributed by atoms with Gasteiger partial charge in [-0.2, -0.15) is 0 Å². The van der Waals surface area contributed by atoms with Gasteiger partial charge in [-0.15, -0.1) is 0 Å². The Balaban J connectivity index is 1.26. The van der Waals surface area contributed by atoms with E-state index in [0.717, 1.165) is 25.7 Å². The van der Waals surface area contributed by atoms with Crippen molar-refractivity contribution < 1.29 is 18.7 Å². The molecule has 2 aliphatic heterocycles. The van der Waals surface area contributed by atoms with Gasteiger partial charge in [0.05, 0.1) is 24.4 Å². The number of aromatic nitrogens is 1. The van der Waals surface area contributed by atoms with Gasteiger partial charge in [-0.3, -0.25) is 9.59 Å². The molecular formula is C24H27FN4O3. The molecule has 1 aromatic heterocycles. The van der Waals surface area contributed by atoms with Crippen molar-refractivity contribution in [1.29, 1.82) is 0 Å². The predicted octanol–water partition coefficient (Wildman–Crippen LogP) is 3.32. The summed E-state index contributed by atoms with van der Waals surface area (Å²) in [6.07, 6.45) is 5.72. The molecule has 1 unspecified atom stereocenters. The molecular weight excluding hydrogens is 411 g/mol. The van der Waals surface area contributed by atoms with E-state index in [1.54, 1.807) is 29.3 Å². The van der Waals surface area contributed by atoms with Crippen LogP contribution in [0, 0.1) is 17.7 Å². The van der Waals surface area contributed by atoms with Crippen LogP contribution in [-0.2, 0) is 4.79 Å². The molecule has 0 radical (unpaired) electrons. The first-order valence-electron chi connectivity index (χ1n) is 11.3. The predicted molar refractivity (Wildman–Crippen MR) is 118 cm³/mol. The van der Waals surface area contributed by atoms with Crippen molar-refractivity contribution in [2.24, 2.45) is 11.8 Å². The number of pyridine rings is 1. The summed E-state index contributed by atoms with van der Waals surface area (Å²) in [6, 6.07) is 7.90. The molecule has 2 aromatic rings. The molecule has 1 saturated heterocycles. The highest BCUT2D eigenvalue weighted by molar-refractivity contribution is 6.04. The van der Waals surface area contributed by atoms with Gasteiger partial charge in [-0.1, -0.05) is 6.07 Å². The quantitative estimate of drug-likeness (QED) is 0.749. The van der Waals surface area contributed by atoms with Gasteiger partial charge in [0.25, 0.3) is 5.91 Å². The lowest BCUT2D eigenvalue weighted by atomic mass is 9.98. The van der Waals surface area contributed by atoms with Crippen molar-refractivity contribution in [1.82, 2.24) is 9.88 Å². The first-order valence-corrected chi connectivity index (χ1v) is 11.3. The molecule has 2 fully saturated rings. The molecule has 5 rings (SSSR count). The van der Waals surface area contributed by atoms with Crippen LogP contribution in [0.25, 0.3) is 0 Å². The van der Waals surface area contributed by atoms with Gasteiger partial charge in [-0.25, -0.2) is 9.37 Å². The average Bonchev–Trinajstić information content (AvgIpc) is 3.63. The van der Waals surface area contributed by atoms with E-state index in [-0.39, 0.29) is 30.1 Å².